The zero-order valence-electron chi connectivity index (χ0n) is 9.51. The average molecular weight is 293 g/mol. The van der Waals surface area contributed by atoms with Crippen molar-refractivity contribution in [3.05, 3.63) is 83.9 Å². The van der Waals surface area contributed by atoms with Crippen molar-refractivity contribution in [2.24, 2.45) is 0 Å². The SMILES string of the molecule is [C-](=Cc1[c-]cccc1)/C=C/c1ccccc1.[Y]. The monoisotopic (exact) mass is 293 g/mol. The van der Waals surface area contributed by atoms with Gasteiger partial charge in [-0.05, 0) is 0 Å². The molecule has 0 spiro atoms. The van der Waals surface area contributed by atoms with Crippen LogP contribution in [0.2, 0.25) is 0 Å². The van der Waals surface area contributed by atoms with E-state index < -0.39 is 0 Å². The summed E-state index contributed by atoms with van der Waals surface area (Å²) in [6, 6.07) is 21.1. The summed E-state index contributed by atoms with van der Waals surface area (Å²) in [5, 5.41) is 0. The molecule has 17 heavy (non-hydrogen) atoms. The summed E-state index contributed by atoms with van der Waals surface area (Å²) in [5.41, 5.74) is 2.22. The van der Waals surface area contributed by atoms with E-state index in [1.54, 1.807) is 0 Å². The molecule has 0 atom stereocenters. The fourth-order valence-electron chi connectivity index (χ4n) is 1.34. The minimum absolute atomic E-state index is 0. The Morgan fingerprint density at radius 1 is 0.941 bits per heavy atom. The minimum atomic E-state index is 0. The first-order valence-electron chi connectivity index (χ1n) is 5.23. The van der Waals surface area contributed by atoms with Crippen LogP contribution >= 0.6 is 0 Å². The normalized spacial score (nSPS) is 10.6. The summed E-state index contributed by atoms with van der Waals surface area (Å²) >= 11 is 0. The van der Waals surface area contributed by atoms with Gasteiger partial charge in [0, 0.05) is 32.7 Å². The van der Waals surface area contributed by atoms with Crippen LogP contribution in [0.3, 0.4) is 0 Å². The fraction of sp³-hybridized carbons (Fsp3) is 0. The van der Waals surface area contributed by atoms with Crippen LogP contribution in [0.15, 0.2) is 60.7 Å². The zero-order chi connectivity index (χ0) is 11.1. The molecule has 0 saturated heterocycles. The molecule has 0 aliphatic heterocycles. The van der Waals surface area contributed by atoms with E-state index in [1.165, 1.54) is 5.56 Å². The number of rotatable bonds is 3. The van der Waals surface area contributed by atoms with Crippen molar-refractivity contribution < 1.29 is 32.7 Å². The van der Waals surface area contributed by atoms with E-state index in [0.717, 1.165) is 5.56 Å². The van der Waals surface area contributed by atoms with Gasteiger partial charge in [0.05, 0.1) is 0 Å². The van der Waals surface area contributed by atoms with Crippen molar-refractivity contribution in [1.82, 2.24) is 0 Å². The van der Waals surface area contributed by atoms with E-state index >= 15 is 0 Å². The first-order chi connectivity index (χ1) is 7.95. The Morgan fingerprint density at radius 3 is 2.41 bits per heavy atom. The third kappa shape index (κ3) is 5.25. The van der Waals surface area contributed by atoms with E-state index in [1.807, 2.05) is 60.7 Å². The largest absolute Gasteiger partial charge is 0.251 e. The molecule has 0 aliphatic carbocycles. The molecule has 81 valence electrons. The molecule has 0 N–H and O–H groups in total. The van der Waals surface area contributed by atoms with Crippen LogP contribution in [0.4, 0.5) is 0 Å². The molecule has 2 aromatic rings. The summed E-state index contributed by atoms with van der Waals surface area (Å²) < 4.78 is 0. The second kappa shape index (κ2) is 8.16. The molecule has 1 heteroatoms. The van der Waals surface area contributed by atoms with E-state index in [9.17, 15) is 0 Å². The van der Waals surface area contributed by atoms with Gasteiger partial charge in [-0.15, -0.1) is 6.07 Å². The summed E-state index contributed by atoms with van der Waals surface area (Å²) in [5.74, 6) is 0. The van der Waals surface area contributed by atoms with E-state index in [-0.39, 0.29) is 32.7 Å². The standard InChI is InChI=1S/C16H12.Y/c1-3-9-15(10-4-1)13-7-8-14-16-11-5-2-6-12-16;/h1-7,9-11,13-14H;/q-2;/b13-7+;. The van der Waals surface area contributed by atoms with Crippen molar-refractivity contribution in [2.45, 2.75) is 0 Å². The molecule has 0 nitrogen and oxygen atoms in total. The molecule has 0 unspecified atom stereocenters. The molecule has 0 fully saturated rings. The number of allylic oxidation sites excluding steroid dienone is 2. The van der Waals surface area contributed by atoms with Crippen molar-refractivity contribution >= 4 is 12.2 Å². The van der Waals surface area contributed by atoms with Gasteiger partial charge in [-0.1, -0.05) is 35.9 Å². The Balaban J connectivity index is 0.00000144. The molecule has 0 aliphatic rings. The van der Waals surface area contributed by atoms with Gasteiger partial charge in [0.2, 0.25) is 0 Å². The van der Waals surface area contributed by atoms with Crippen LogP contribution < -0.4 is 0 Å². The molecule has 1 radical (unpaired) electrons. The van der Waals surface area contributed by atoms with Crippen molar-refractivity contribution in [3.63, 3.8) is 0 Å². The van der Waals surface area contributed by atoms with Gasteiger partial charge in [0.15, 0.2) is 0 Å². The number of benzene rings is 2. The van der Waals surface area contributed by atoms with Gasteiger partial charge in [-0.3, -0.25) is 11.6 Å². The maximum Gasteiger partial charge on any atom is 0 e. The maximum atomic E-state index is 3.12. The minimum Gasteiger partial charge on any atom is -0.251 e. The van der Waals surface area contributed by atoms with Gasteiger partial charge in [0.25, 0.3) is 0 Å². The molecule has 0 heterocycles. The van der Waals surface area contributed by atoms with Crippen molar-refractivity contribution in [2.75, 3.05) is 0 Å². The van der Waals surface area contributed by atoms with Crippen molar-refractivity contribution in [1.29, 1.82) is 0 Å². The predicted molar refractivity (Wildman–Crippen MR) is 68.5 cm³/mol. The molecule has 0 saturated carbocycles. The molecule has 2 aromatic carbocycles. The molecule has 0 bridgehead atoms. The van der Waals surface area contributed by atoms with Crippen LogP contribution in [0.25, 0.3) is 12.2 Å². The quantitative estimate of drug-likeness (QED) is 0.592. The zero-order valence-corrected chi connectivity index (χ0v) is 12.3. The van der Waals surface area contributed by atoms with Crippen LogP contribution in [0.1, 0.15) is 11.1 Å². The van der Waals surface area contributed by atoms with Gasteiger partial charge in [-0.25, -0.2) is 12.1 Å². The van der Waals surface area contributed by atoms with Crippen LogP contribution in [-0.4, -0.2) is 0 Å². The van der Waals surface area contributed by atoms with E-state index in [4.69, 9.17) is 0 Å². The Morgan fingerprint density at radius 2 is 1.71 bits per heavy atom. The molecule has 0 amide bonds. The summed E-state index contributed by atoms with van der Waals surface area (Å²) in [6.07, 6.45) is 8.97. The topological polar surface area (TPSA) is 0 Å². The van der Waals surface area contributed by atoms with Crippen LogP contribution in [0, 0.1) is 12.1 Å². The molecular weight excluding hydrogens is 281 g/mol. The van der Waals surface area contributed by atoms with Gasteiger partial charge in [-0.2, -0.15) is 30.4 Å². The molecule has 2 rings (SSSR count). The first-order valence-corrected chi connectivity index (χ1v) is 5.23. The Kier molecular flexibility index (Phi) is 6.77. The molecular formula is C16H12Y-2. The maximum absolute atomic E-state index is 3.12. The Labute approximate surface area is 128 Å². The third-order valence-electron chi connectivity index (χ3n) is 2.14. The third-order valence-corrected chi connectivity index (χ3v) is 2.14. The molecule has 0 aromatic heterocycles. The fourth-order valence-corrected chi connectivity index (χ4v) is 1.34. The van der Waals surface area contributed by atoms with E-state index in [2.05, 4.69) is 24.3 Å². The second-order valence-corrected chi connectivity index (χ2v) is 3.37. The van der Waals surface area contributed by atoms with Crippen molar-refractivity contribution in [3.8, 4) is 0 Å². The predicted octanol–water partition coefficient (Wildman–Crippen LogP) is 4.01. The Hall–Kier alpha value is -0.976. The van der Waals surface area contributed by atoms with Crippen LogP contribution in [-0.2, 0) is 32.7 Å². The van der Waals surface area contributed by atoms with Gasteiger partial charge >= 0.3 is 0 Å². The number of hydrogen-bond acceptors (Lipinski definition) is 0. The van der Waals surface area contributed by atoms with Crippen LogP contribution in [0.5, 0.6) is 0 Å². The summed E-state index contributed by atoms with van der Waals surface area (Å²) in [7, 11) is 0. The first kappa shape index (κ1) is 14.1. The van der Waals surface area contributed by atoms with E-state index in [0.29, 0.717) is 0 Å². The Bertz CT molecular complexity index is 422. The average Bonchev–Trinajstić information content (AvgIpc) is 2.37. The van der Waals surface area contributed by atoms with Gasteiger partial charge in [0.1, 0.15) is 0 Å². The summed E-state index contributed by atoms with van der Waals surface area (Å²) in [4.78, 5) is 0. The van der Waals surface area contributed by atoms with Gasteiger partial charge < -0.3 is 0 Å². The number of hydrogen-bond donors (Lipinski definition) is 0. The smallest absolute Gasteiger partial charge is 0 e. The second-order valence-electron chi connectivity index (χ2n) is 3.37. The summed E-state index contributed by atoms with van der Waals surface area (Å²) in [6.45, 7) is 0.